The zero-order valence-corrected chi connectivity index (χ0v) is 18.6. The van der Waals surface area contributed by atoms with Crippen LogP contribution < -0.4 is 11.1 Å². The van der Waals surface area contributed by atoms with Crippen LogP contribution in [0.25, 0.3) is 0 Å². The van der Waals surface area contributed by atoms with Crippen molar-refractivity contribution in [3.05, 3.63) is 64.2 Å². The molecule has 2 aliphatic rings. The molecular weight excluding hydrogens is 444 g/mol. The molecule has 30 heavy (non-hydrogen) atoms. The summed E-state index contributed by atoms with van der Waals surface area (Å²) in [6, 6.07) is 14.2. The number of halogens is 4. The Kier molecular flexibility index (Phi) is 10.1. The maximum atomic E-state index is 15.1. The van der Waals surface area contributed by atoms with E-state index in [0.29, 0.717) is 6.42 Å². The van der Waals surface area contributed by atoms with Crippen molar-refractivity contribution >= 4 is 47.9 Å². The number of nitrogens with one attached hydrogen (secondary N) is 1. The summed E-state index contributed by atoms with van der Waals surface area (Å²) in [4.78, 5) is 4.40. The van der Waals surface area contributed by atoms with E-state index in [1.165, 1.54) is 11.1 Å². The molecule has 4 rings (SSSR count). The second-order valence-electron chi connectivity index (χ2n) is 7.61. The fraction of sp³-hybridized carbons (Fsp3) is 0.435. The largest absolute Gasteiger partial charge is 0.384 e. The maximum Gasteiger partial charge on any atom is 0.174 e. The zero-order chi connectivity index (χ0) is 18.9. The Morgan fingerprint density at radius 2 is 1.97 bits per heavy atom. The number of aliphatic imine (C=N–C) groups is 1. The molecule has 1 fully saturated rings. The number of hydrogen-bond acceptors (Lipinski definition) is 3. The minimum atomic E-state index is -1.43. The van der Waals surface area contributed by atoms with Crippen molar-refractivity contribution in [1.82, 2.24) is 5.32 Å². The summed E-state index contributed by atoms with van der Waals surface area (Å²) in [5.74, 6) is 0.0382. The van der Waals surface area contributed by atoms with Gasteiger partial charge in [-0.25, -0.2) is 9.38 Å². The number of alkyl halides is 1. The van der Waals surface area contributed by atoms with Crippen LogP contribution in [0.3, 0.4) is 0 Å². The molecule has 166 valence electrons. The summed E-state index contributed by atoms with van der Waals surface area (Å²) >= 11 is 6.00. The Balaban J connectivity index is 0.00000150. The number of nitrogens with two attached hydrogens (primary N) is 1. The number of nitrogens with zero attached hydrogens (tertiary/aromatic N) is 1. The molecule has 1 aliphatic carbocycles. The Morgan fingerprint density at radius 3 is 2.73 bits per heavy atom. The quantitative estimate of drug-likeness (QED) is 0.468. The average Bonchev–Trinajstić information content (AvgIpc) is 3.05. The summed E-state index contributed by atoms with van der Waals surface area (Å²) in [5.41, 5.74) is 8.84. The molecule has 0 spiro atoms. The summed E-state index contributed by atoms with van der Waals surface area (Å²) in [6.45, 7) is 1.73. The first-order valence-electron chi connectivity index (χ1n) is 9.68. The van der Waals surface area contributed by atoms with Crippen LogP contribution in [-0.4, -0.2) is 18.0 Å². The Bertz CT molecular complexity index is 875. The predicted molar refractivity (Wildman–Crippen MR) is 131 cm³/mol. The minimum absolute atomic E-state index is 0. The lowest BCUT2D eigenvalue weighted by atomic mass is 9.82. The van der Waals surface area contributed by atoms with Gasteiger partial charge in [0, 0.05) is 17.5 Å². The van der Waals surface area contributed by atoms with Gasteiger partial charge in [-0.15, -0.1) is 24.8 Å². The van der Waals surface area contributed by atoms with Gasteiger partial charge in [-0.2, -0.15) is 0 Å². The third-order valence-electron chi connectivity index (χ3n) is 5.76. The summed E-state index contributed by atoms with van der Waals surface area (Å²) in [5, 5.41) is 4.21. The molecule has 2 aromatic carbocycles. The lowest BCUT2D eigenvalue weighted by Crippen LogP contribution is -2.43. The van der Waals surface area contributed by atoms with Gasteiger partial charge in [0.2, 0.25) is 0 Å². The molecule has 7 heteroatoms. The lowest BCUT2D eigenvalue weighted by molar-refractivity contribution is 0.232. The molecule has 0 aromatic heterocycles. The molecule has 2 unspecified atom stereocenters. The molecule has 1 heterocycles. The molecule has 1 saturated carbocycles. The highest BCUT2D eigenvalue weighted by Gasteiger charge is 2.50. The fourth-order valence-corrected chi connectivity index (χ4v) is 4.54. The summed E-state index contributed by atoms with van der Waals surface area (Å²) < 4.78 is 15.1. The monoisotopic (exact) mass is 473 g/mol. The number of benzene rings is 2. The predicted octanol–water partition coefficient (Wildman–Crippen LogP) is 6.52. The standard InChI is InChI=1S/C22H25ClFN3.CH4.2ClH/c23-17-6-1-4-16(12-17)14-26-11-3-5-15-8-9-18-19-7-2-10-22(19,24)21(25)27-20(18)13-15;;;/h1,4,6,8-9,12-13,19,26H,2-3,5,7,10-11,14H2,(H2,25,27);1H4;2*1H. The maximum absolute atomic E-state index is 15.1. The van der Waals surface area contributed by atoms with Crippen molar-refractivity contribution in [2.75, 3.05) is 6.54 Å². The minimum Gasteiger partial charge on any atom is -0.384 e. The van der Waals surface area contributed by atoms with Crippen LogP contribution in [0, 0.1) is 0 Å². The van der Waals surface area contributed by atoms with Gasteiger partial charge < -0.3 is 11.1 Å². The van der Waals surface area contributed by atoms with Crippen molar-refractivity contribution in [2.45, 2.75) is 57.7 Å². The van der Waals surface area contributed by atoms with E-state index in [9.17, 15) is 0 Å². The Morgan fingerprint density at radius 1 is 1.17 bits per heavy atom. The third-order valence-corrected chi connectivity index (χ3v) is 5.99. The molecule has 1 aliphatic heterocycles. The Labute approximate surface area is 196 Å². The number of fused-ring (bicyclic) bond motifs is 3. The highest BCUT2D eigenvalue weighted by molar-refractivity contribution is 6.30. The van der Waals surface area contributed by atoms with Gasteiger partial charge in [0.1, 0.15) is 5.84 Å². The van der Waals surface area contributed by atoms with Crippen molar-refractivity contribution in [1.29, 1.82) is 0 Å². The second-order valence-corrected chi connectivity index (χ2v) is 8.04. The highest BCUT2D eigenvalue weighted by atomic mass is 35.5. The average molecular weight is 475 g/mol. The van der Waals surface area contributed by atoms with Gasteiger partial charge in [-0.1, -0.05) is 43.3 Å². The van der Waals surface area contributed by atoms with Gasteiger partial charge in [-0.05, 0) is 73.5 Å². The third kappa shape index (κ3) is 5.47. The molecular formula is C23H31Cl3FN3. The molecule has 3 nitrogen and oxygen atoms in total. The molecule has 0 radical (unpaired) electrons. The topological polar surface area (TPSA) is 50.4 Å². The molecule has 0 amide bonds. The van der Waals surface area contributed by atoms with Crippen molar-refractivity contribution in [2.24, 2.45) is 10.7 Å². The SMILES string of the molecule is C.Cl.Cl.NC1=Nc2cc(CCCNCc3cccc(Cl)c3)ccc2C2CCCC12F. The lowest BCUT2D eigenvalue weighted by Gasteiger charge is -2.32. The van der Waals surface area contributed by atoms with Gasteiger partial charge in [-0.3, -0.25) is 0 Å². The van der Waals surface area contributed by atoms with E-state index >= 15 is 4.39 Å². The Hall–Kier alpha value is -1.33. The zero-order valence-electron chi connectivity index (χ0n) is 16.2. The van der Waals surface area contributed by atoms with Gasteiger partial charge in [0.25, 0.3) is 0 Å². The van der Waals surface area contributed by atoms with E-state index in [-0.39, 0.29) is 44.0 Å². The van der Waals surface area contributed by atoms with E-state index in [0.717, 1.165) is 55.0 Å². The van der Waals surface area contributed by atoms with E-state index in [1.54, 1.807) is 0 Å². The van der Waals surface area contributed by atoms with Gasteiger partial charge >= 0.3 is 0 Å². The van der Waals surface area contributed by atoms with Crippen molar-refractivity contribution in [3.63, 3.8) is 0 Å². The molecule has 0 bridgehead atoms. The van der Waals surface area contributed by atoms with Crippen molar-refractivity contribution in [3.8, 4) is 0 Å². The molecule has 2 atom stereocenters. The van der Waals surface area contributed by atoms with E-state index in [1.807, 2.05) is 18.2 Å². The van der Waals surface area contributed by atoms with Gasteiger partial charge in [0.15, 0.2) is 5.67 Å². The number of aryl methyl sites for hydroxylation is 1. The fourth-order valence-electron chi connectivity index (χ4n) is 4.33. The number of amidine groups is 1. The highest BCUT2D eigenvalue weighted by Crippen LogP contribution is 2.51. The van der Waals surface area contributed by atoms with Crippen LogP contribution in [0.1, 0.15) is 55.7 Å². The number of hydrogen-bond donors (Lipinski definition) is 2. The number of rotatable bonds is 6. The van der Waals surface area contributed by atoms with Crippen LogP contribution in [0.5, 0.6) is 0 Å². The summed E-state index contributed by atoms with van der Waals surface area (Å²) in [6.07, 6.45) is 4.20. The second kappa shape index (κ2) is 11.3. The molecule has 3 N–H and O–H groups in total. The normalized spacial score (nSPS) is 21.3. The van der Waals surface area contributed by atoms with Crippen LogP contribution in [0.15, 0.2) is 47.5 Å². The first-order valence-corrected chi connectivity index (χ1v) is 10.1. The first kappa shape index (κ1) is 26.7. The van der Waals surface area contributed by atoms with Crippen LogP contribution >= 0.6 is 36.4 Å². The van der Waals surface area contributed by atoms with E-state index in [4.69, 9.17) is 17.3 Å². The van der Waals surface area contributed by atoms with E-state index in [2.05, 4.69) is 34.6 Å². The van der Waals surface area contributed by atoms with E-state index < -0.39 is 5.67 Å². The van der Waals surface area contributed by atoms with Crippen molar-refractivity contribution < 1.29 is 4.39 Å². The smallest absolute Gasteiger partial charge is 0.174 e. The van der Waals surface area contributed by atoms with Crippen LogP contribution in [0.4, 0.5) is 10.1 Å². The van der Waals surface area contributed by atoms with Gasteiger partial charge in [0.05, 0.1) is 5.69 Å². The van der Waals surface area contributed by atoms with Crippen LogP contribution in [-0.2, 0) is 13.0 Å². The molecule has 0 saturated heterocycles. The van der Waals surface area contributed by atoms with Crippen LogP contribution in [0.2, 0.25) is 5.02 Å². The molecule has 2 aromatic rings. The first-order chi connectivity index (χ1) is 13.1. The summed E-state index contributed by atoms with van der Waals surface area (Å²) in [7, 11) is 0.